The molecule has 178 valence electrons. The zero-order valence-corrected chi connectivity index (χ0v) is 20.4. The number of rotatable bonds is 7. The van der Waals surface area contributed by atoms with Gasteiger partial charge in [-0.25, -0.2) is 8.42 Å². The highest BCUT2D eigenvalue weighted by molar-refractivity contribution is 7.89. The van der Waals surface area contributed by atoms with Gasteiger partial charge in [-0.15, -0.1) is 0 Å². The molecule has 7 nitrogen and oxygen atoms in total. The van der Waals surface area contributed by atoms with Gasteiger partial charge in [0.25, 0.3) is 0 Å². The van der Waals surface area contributed by atoms with Gasteiger partial charge in [0.1, 0.15) is 0 Å². The summed E-state index contributed by atoms with van der Waals surface area (Å²) in [6, 6.07) is 15.9. The van der Waals surface area contributed by atoms with E-state index >= 15 is 0 Å². The number of piperazine rings is 1. The number of amides is 1. The van der Waals surface area contributed by atoms with Crippen LogP contribution in [-0.4, -0.2) is 75.9 Å². The number of sulfonamides is 1. The predicted molar refractivity (Wildman–Crippen MR) is 131 cm³/mol. The Morgan fingerprint density at radius 3 is 2.45 bits per heavy atom. The molecular weight excluding hydrogens is 436 g/mol. The fourth-order valence-electron chi connectivity index (χ4n) is 4.64. The molecular formula is C25H34N4O3S. The summed E-state index contributed by atoms with van der Waals surface area (Å²) in [6.45, 7) is 8.62. The minimum Gasteiger partial charge on any atom is -0.371 e. The third kappa shape index (κ3) is 5.75. The van der Waals surface area contributed by atoms with Crippen LogP contribution in [0.2, 0.25) is 0 Å². The fraction of sp³-hybridized carbons (Fsp3) is 0.480. The second-order valence-corrected chi connectivity index (χ2v) is 11.1. The average Bonchev–Trinajstić information content (AvgIpc) is 3.29. The number of nitrogens with one attached hydrogen (secondary N) is 1. The van der Waals surface area contributed by atoms with E-state index in [1.165, 1.54) is 5.69 Å². The van der Waals surface area contributed by atoms with Gasteiger partial charge in [0.2, 0.25) is 15.9 Å². The van der Waals surface area contributed by atoms with E-state index in [2.05, 4.69) is 34.5 Å². The van der Waals surface area contributed by atoms with Crippen LogP contribution in [-0.2, 0) is 14.8 Å². The van der Waals surface area contributed by atoms with Crippen molar-refractivity contribution in [3.63, 3.8) is 0 Å². The smallest absolute Gasteiger partial charge is 0.243 e. The van der Waals surface area contributed by atoms with E-state index in [0.29, 0.717) is 50.1 Å². The summed E-state index contributed by atoms with van der Waals surface area (Å²) in [7, 11) is -3.52. The fourth-order valence-corrected chi connectivity index (χ4v) is 6.37. The predicted octanol–water partition coefficient (Wildman–Crippen LogP) is 2.25. The molecule has 2 aromatic carbocycles. The molecule has 2 aliphatic heterocycles. The van der Waals surface area contributed by atoms with E-state index < -0.39 is 10.0 Å². The van der Waals surface area contributed by atoms with Gasteiger partial charge in [-0.1, -0.05) is 30.3 Å². The van der Waals surface area contributed by atoms with Gasteiger partial charge in [-0.3, -0.25) is 9.69 Å². The quantitative estimate of drug-likeness (QED) is 0.672. The molecule has 0 saturated carbocycles. The first-order valence-corrected chi connectivity index (χ1v) is 13.1. The van der Waals surface area contributed by atoms with Gasteiger partial charge in [-0.05, 0) is 55.5 Å². The summed E-state index contributed by atoms with van der Waals surface area (Å²) in [6.07, 6.45) is 1.07. The van der Waals surface area contributed by atoms with E-state index in [-0.39, 0.29) is 5.91 Å². The first kappa shape index (κ1) is 23.7. The molecule has 0 radical (unpaired) electrons. The highest BCUT2D eigenvalue weighted by atomic mass is 32.2. The lowest BCUT2D eigenvalue weighted by atomic mass is 10.1. The minimum absolute atomic E-state index is 0.0130. The molecule has 0 aliphatic carbocycles. The van der Waals surface area contributed by atoms with Crippen LogP contribution in [0.5, 0.6) is 0 Å². The number of benzene rings is 2. The second-order valence-electron chi connectivity index (χ2n) is 9.19. The number of nitrogens with zero attached hydrogens (tertiary/aromatic N) is 3. The maximum Gasteiger partial charge on any atom is 0.243 e. The highest BCUT2D eigenvalue weighted by Crippen LogP contribution is 2.24. The van der Waals surface area contributed by atoms with Crippen molar-refractivity contribution < 1.29 is 13.2 Å². The molecule has 1 N–H and O–H groups in total. The van der Waals surface area contributed by atoms with Crippen LogP contribution in [0.3, 0.4) is 0 Å². The Morgan fingerprint density at radius 1 is 1.00 bits per heavy atom. The van der Waals surface area contributed by atoms with Crippen LogP contribution in [0.1, 0.15) is 17.5 Å². The Morgan fingerprint density at radius 2 is 1.73 bits per heavy atom. The lowest BCUT2D eigenvalue weighted by Gasteiger charge is -2.33. The third-order valence-electron chi connectivity index (χ3n) is 6.66. The van der Waals surface area contributed by atoms with Crippen molar-refractivity contribution in [2.75, 3.05) is 57.3 Å². The molecule has 0 spiro atoms. The first-order chi connectivity index (χ1) is 15.8. The van der Waals surface area contributed by atoms with Gasteiger partial charge in [0.05, 0.1) is 11.4 Å². The third-order valence-corrected chi connectivity index (χ3v) is 8.70. The summed E-state index contributed by atoms with van der Waals surface area (Å²) >= 11 is 0. The molecule has 1 unspecified atom stereocenters. The van der Waals surface area contributed by atoms with Crippen molar-refractivity contribution in [1.29, 1.82) is 0 Å². The van der Waals surface area contributed by atoms with E-state index in [1.54, 1.807) is 10.4 Å². The summed E-state index contributed by atoms with van der Waals surface area (Å²) in [4.78, 5) is 17.3. The molecule has 0 aromatic heterocycles. The summed E-state index contributed by atoms with van der Waals surface area (Å²) in [5.74, 6) is 0.465. The largest absolute Gasteiger partial charge is 0.371 e. The molecule has 8 heteroatoms. The van der Waals surface area contributed by atoms with Crippen LogP contribution in [0.4, 0.5) is 5.69 Å². The van der Waals surface area contributed by atoms with Crippen molar-refractivity contribution in [2.45, 2.75) is 25.2 Å². The van der Waals surface area contributed by atoms with Crippen LogP contribution >= 0.6 is 0 Å². The van der Waals surface area contributed by atoms with Gasteiger partial charge >= 0.3 is 0 Å². The average molecular weight is 471 g/mol. The molecule has 2 aliphatic rings. The Bertz CT molecular complexity index is 1070. The van der Waals surface area contributed by atoms with Gasteiger partial charge in [0, 0.05) is 51.5 Å². The maximum absolute atomic E-state index is 13.1. The number of aryl methyl sites for hydroxylation is 2. The molecule has 2 aromatic rings. The number of hydrogen-bond acceptors (Lipinski definition) is 5. The molecule has 1 amide bonds. The molecule has 0 bridgehead atoms. The second kappa shape index (κ2) is 10.2. The monoisotopic (exact) mass is 470 g/mol. The molecule has 33 heavy (non-hydrogen) atoms. The molecule has 1 atom stereocenters. The molecule has 2 fully saturated rings. The SMILES string of the molecule is Cc1ccc(C)c(S(=O)(=O)N2CCN(CC(=O)NCC3CCN(c4ccccc4)C3)CC2)c1. The highest BCUT2D eigenvalue weighted by Gasteiger charge is 2.30. The Balaban J connectivity index is 1.22. The van der Waals surface area contributed by atoms with Crippen molar-refractivity contribution in [3.05, 3.63) is 59.7 Å². The van der Waals surface area contributed by atoms with Crippen molar-refractivity contribution in [2.24, 2.45) is 5.92 Å². The van der Waals surface area contributed by atoms with Gasteiger partial charge < -0.3 is 10.2 Å². The Kier molecular flexibility index (Phi) is 7.36. The van der Waals surface area contributed by atoms with E-state index in [1.807, 2.05) is 36.9 Å². The normalized spacial score (nSPS) is 20.2. The van der Waals surface area contributed by atoms with Gasteiger partial charge in [-0.2, -0.15) is 4.31 Å². The standard InChI is InChI=1S/C25H34N4O3S/c1-20-8-9-21(2)24(16-20)33(31,32)29-14-12-27(13-15-29)19-25(30)26-17-22-10-11-28(18-22)23-6-4-3-5-7-23/h3-9,16,22H,10-15,17-19H2,1-2H3,(H,26,30). The number of hydrogen-bond donors (Lipinski definition) is 1. The molecule has 4 rings (SSSR count). The van der Waals surface area contributed by atoms with Crippen LogP contribution in [0.15, 0.2) is 53.4 Å². The maximum atomic E-state index is 13.1. The van der Waals surface area contributed by atoms with E-state index in [4.69, 9.17) is 0 Å². The molecule has 2 saturated heterocycles. The van der Waals surface area contributed by atoms with Crippen LogP contribution in [0, 0.1) is 19.8 Å². The zero-order valence-electron chi connectivity index (χ0n) is 19.5. The number of para-hydroxylation sites is 1. The zero-order chi connectivity index (χ0) is 23.4. The van der Waals surface area contributed by atoms with Crippen LogP contribution in [0.25, 0.3) is 0 Å². The van der Waals surface area contributed by atoms with Crippen molar-refractivity contribution in [3.8, 4) is 0 Å². The van der Waals surface area contributed by atoms with Gasteiger partial charge in [0.15, 0.2) is 0 Å². The lowest BCUT2D eigenvalue weighted by Crippen LogP contribution is -2.51. The van der Waals surface area contributed by atoms with E-state index in [0.717, 1.165) is 30.6 Å². The summed E-state index contributed by atoms with van der Waals surface area (Å²) in [5, 5.41) is 3.09. The number of carbonyl (C=O) groups is 1. The Hall–Kier alpha value is -2.42. The summed E-state index contributed by atoms with van der Waals surface area (Å²) < 4.78 is 27.7. The minimum atomic E-state index is -3.52. The number of carbonyl (C=O) groups excluding carboxylic acids is 1. The van der Waals surface area contributed by atoms with Crippen molar-refractivity contribution >= 4 is 21.6 Å². The first-order valence-electron chi connectivity index (χ1n) is 11.7. The Labute approximate surface area is 197 Å². The molecule has 2 heterocycles. The number of anilines is 1. The lowest BCUT2D eigenvalue weighted by molar-refractivity contribution is -0.122. The summed E-state index contributed by atoms with van der Waals surface area (Å²) in [5.41, 5.74) is 2.93. The van der Waals surface area contributed by atoms with Crippen molar-refractivity contribution in [1.82, 2.24) is 14.5 Å². The van der Waals surface area contributed by atoms with Crippen LogP contribution < -0.4 is 10.2 Å². The van der Waals surface area contributed by atoms with E-state index in [9.17, 15) is 13.2 Å². The topological polar surface area (TPSA) is 73.0 Å².